The largest absolute Gasteiger partial charge is 0.507 e. The van der Waals surface area contributed by atoms with E-state index in [-0.39, 0.29) is 11.6 Å². The van der Waals surface area contributed by atoms with Crippen LogP contribution in [0.4, 0.5) is 4.39 Å². The van der Waals surface area contributed by atoms with Gasteiger partial charge in [-0.3, -0.25) is 0 Å². The van der Waals surface area contributed by atoms with Crippen LogP contribution in [0.1, 0.15) is 25.3 Å². The number of likely N-dealkylation sites (N-methyl/N-ethyl adjacent to an activating group) is 1. The summed E-state index contributed by atoms with van der Waals surface area (Å²) in [6, 6.07) is 2.72. The van der Waals surface area contributed by atoms with Crippen molar-refractivity contribution in [3.63, 3.8) is 0 Å². The third-order valence-electron chi connectivity index (χ3n) is 3.58. The van der Waals surface area contributed by atoms with Crippen molar-refractivity contribution in [2.45, 2.75) is 32.7 Å². The van der Waals surface area contributed by atoms with Crippen LogP contribution in [0.15, 0.2) is 18.3 Å². The Kier molecular flexibility index (Phi) is 4.65. The average molecular weight is 278 g/mol. The maximum Gasteiger partial charge on any atom is 0.129 e. The van der Waals surface area contributed by atoms with Crippen LogP contribution in [-0.2, 0) is 13.0 Å². The van der Waals surface area contributed by atoms with Crippen LogP contribution in [0.5, 0.6) is 5.75 Å². The fraction of sp³-hybridized carbons (Fsp3) is 0.500. The van der Waals surface area contributed by atoms with Crippen molar-refractivity contribution >= 4 is 10.9 Å². The summed E-state index contributed by atoms with van der Waals surface area (Å²) in [4.78, 5) is 2.11. The number of phenolic OH excluding ortho intramolecular Hbond substituents is 1. The van der Waals surface area contributed by atoms with Crippen LogP contribution in [-0.4, -0.2) is 35.2 Å². The van der Waals surface area contributed by atoms with Gasteiger partial charge in [-0.05, 0) is 38.6 Å². The van der Waals surface area contributed by atoms with Crippen LogP contribution in [0.3, 0.4) is 0 Å². The van der Waals surface area contributed by atoms with E-state index in [1.54, 1.807) is 0 Å². The fourth-order valence-corrected chi connectivity index (χ4v) is 2.50. The highest BCUT2D eigenvalue weighted by molar-refractivity contribution is 5.89. The van der Waals surface area contributed by atoms with Gasteiger partial charge in [0.2, 0.25) is 0 Å². The molecule has 2 aromatic rings. The second-order valence-electron chi connectivity index (χ2n) is 5.57. The molecule has 110 valence electrons. The number of aromatic nitrogens is 1. The lowest BCUT2D eigenvalue weighted by Crippen LogP contribution is -2.14. The molecule has 0 radical (unpaired) electrons. The first-order chi connectivity index (χ1) is 9.52. The Morgan fingerprint density at radius 2 is 2.05 bits per heavy atom. The molecule has 0 aliphatic heterocycles. The molecule has 0 aliphatic carbocycles. The molecular weight excluding hydrogens is 255 g/mol. The lowest BCUT2D eigenvalue weighted by atomic mass is 10.1. The molecule has 0 atom stereocenters. The van der Waals surface area contributed by atoms with Gasteiger partial charge in [-0.25, -0.2) is 4.39 Å². The van der Waals surface area contributed by atoms with E-state index >= 15 is 0 Å². The van der Waals surface area contributed by atoms with Gasteiger partial charge < -0.3 is 14.6 Å². The summed E-state index contributed by atoms with van der Waals surface area (Å²) in [7, 11) is 4.05. The predicted molar refractivity (Wildman–Crippen MR) is 80.7 cm³/mol. The quantitative estimate of drug-likeness (QED) is 0.877. The smallest absolute Gasteiger partial charge is 0.129 e. The van der Waals surface area contributed by atoms with E-state index in [0.29, 0.717) is 0 Å². The highest BCUT2D eigenvalue weighted by Crippen LogP contribution is 2.31. The van der Waals surface area contributed by atoms with Gasteiger partial charge in [-0.15, -0.1) is 0 Å². The van der Waals surface area contributed by atoms with Crippen molar-refractivity contribution < 1.29 is 9.50 Å². The number of fused-ring (bicyclic) bond motifs is 1. The summed E-state index contributed by atoms with van der Waals surface area (Å²) in [5.41, 5.74) is 1.88. The summed E-state index contributed by atoms with van der Waals surface area (Å²) in [5.74, 6) is -0.339. The first kappa shape index (κ1) is 14.9. The molecule has 0 fully saturated rings. The number of unbranched alkanes of at least 4 members (excludes halogenated alkanes) is 1. The topological polar surface area (TPSA) is 28.4 Å². The van der Waals surface area contributed by atoms with Gasteiger partial charge in [0.25, 0.3) is 0 Å². The maximum absolute atomic E-state index is 13.5. The van der Waals surface area contributed by atoms with Crippen molar-refractivity contribution in [3.05, 3.63) is 29.7 Å². The number of hydrogen-bond donors (Lipinski definition) is 1. The van der Waals surface area contributed by atoms with Crippen molar-refractivity contribution in [2.75, 3.05) is 20.6 Å². The van der Waals surface area contributed by atoms with E-state index < -0.39 is 0 Å². The summed E-state index contributed by atoms with van der Waals surface area (Å²) in [6.07, 6.45) is 5.05. The molecule has 0 bridgehead atoms. The van der Waals surface area contributed by atoms with Gasteiger partial charge in [-0.1, -0.05) is 13.3 Å². The van der Waals surface area contributed by atoms with Gasteiger partial charge in [0, 0.05) is 30.7 Å². The highest BCUT2D eigenvalue weighted by Gasteiger charge is 2.14. The van der Waals surface area contributed by atoms with E-state index in [0.717, 1.165) is 48.8 Å². The minimum absolute atomic E-state index is 0.0454. The highest BCUT2D eigenvalue weighted by atomic mass is 19.1. The molecule has 0 saturated carbocycles. The zero-order valence-electron chi connectivity index (χ0n) is 12.5. The molecule has 3 nitrogen and oxygen atoms in total. The summed E-state index contributed by atoms with van der Waals surface area (Å²) in [5, 5.41) is 10.9. The van der Waals surface area contributed by atoms with E-state index in [1.807, 2.05) is 14.1 Å². The lowest BCUT2D eigenvalue weighted by molar-refractivity contribution is 0.413. The van der Waals surface area contributed by atoms with E-state index in [2.05, 4.69) is 22.6 Å². The third-order valence-corrected chi connectivity index (χ3v) is 3.58. The SMILES string of the molecule is CCCCn1cc(CCN(C)C)c2c(O)cc(F)cc21. The second-order valence-corrected chi connectivity index (χ2v) is 5.57. The van der Waals surface area contributed by atoms with Crippen molar-refractivity contribution in [3.8, 4) is 5.75 Å². The lowest BCUT2D eigenvalue weighted by Gasteiger charge is -2.08. The molecular formula is C16H23FN2O. The number of benzene rings is 1. The zero-order valence-corrected chi connectivity index (χ0v) is 12.5. The van der Waals surface area contributed by atoms with E-state index in [9.17, 15) is 9.50 Å². The van der Waals surface area contributed by atoms with Gasteiger partial charge in [0.05, 0.1) is 5.52 Å². The van der Waals surface area contributed by atoms with Gasteiger partial charge in [0.15, 0.2) is 0 Å². The normalized spacial score (nSPS) is 11.7. The van der Waals surface area contributed by atoms with Gasteiger partial charge in [0.1, 0.15) is 11.6 Å². The molecule has 2 rings (SSSR count). The average Bonchev–Trinajstić information content (AvgIpc) is 2.72. The fourth-order valence-electron chi connectivity index (χ4n) is 2.50. The number of aryl methyl sites for hydroxylation is 1. The second kappa shape index (κ2) is 6.27. The Morgan fingerprint density at radius 3 is 2.70 bits per heavy atom. The molecule has 0 unspecified atom stereocenters. The predicted octanol–water partition coefficient (Wildman–Crippen LogP) is 3.39. The van der Waals surface area contributed by atoms with Crippen molar-refractivity contribution in [2.24, 2.45) is 0 Å². The Bertz CT molecular complexity index is 590. The van der Waals surface area contributed by atoms with Crippen molar-refractivity contribution in [1.82, 2.24) is 9.47 Å². The first-order valence-electron chi connectivity index (χ1n) is 7.18. The van der Waals surface area contributed by atoms with Crippen LogP contribution in [0, 0.1) is 5.82 Å². The number of nitrogens with zero attached hydrogens (tertiary/aromatic N) is 2. The third kappa shape index (κ3) is 3.12. The van der Waals surface area contributed by atoms with E-state index in [4.69, 9.17) is 0 Å². The summed E-state index contributed by atoms with van der Waals surface area (Å²) < 4.78 is 15.6. The Balaban J connectivity index is 2.45. The number of rotatable bonds is 6. The zero-order chi connectivity index (χ0) is 14.7. The molecule has 0 saturated heterocycles. The molecule has 1 aromatic heterocycles. The molecule has 0 amide bonds. The van der Waals surface area contributed by atoms with Crippen LogP contribution in [0.25, 0.3) is 10.9 Å². The van der Waals surface area contributed by atoms with Crippen LogP contribution < -0.4 is 0 Å². The monoisotopic (exact) mass is 278 g/mol. The molecule has 1 heterocycles. The Labute approximate surface area is 119 Å². The van der Waals surface area contributed by atoms with E-state index in [1.165, 1.54) is 12.1 Å². The molecule has 0 aliphatic rings. The minimum Gasteiger partial charge on any atom is -0.507 e. The molecule has 0 spiro atoms. The first-order valence-corrected chi connectivity index (χ1v) is 7.18. The number of aromatic hydroxyl groups is 1. The molecule has 20 heavy (non-hydrogen) atoms. The van der Waals surface area contributed by atoms with Crippen molar-refractivity contribution in [1.29, 1.82) is 0 Å². The molecule has 4 heteroatoms. The number of hydrogen-bond acceptors (Lipinski definition) is 2. The Morgan fingerprint density at radius 1 is 1.30 bits per heavy atom. The maximum atomic E-state index is 13.5. The van der Waals surface area contributed by atoms with Gasteiger partial charge in [-0.2, -0.15) is 0 Å². The van der Waals surface area contributed by atoms with Crippen LogP contribution >= 0.6 is 0 Å². The number of halogens is 1. The number of phenols is 1. The van der Waals surface area contributed by atoms with Crippen LogP contribution in [0.2, 0.25) is 0 Å². The van der Waals surface area contributed by atoms with Gasteiger partial charge >= 0.3 is 0 Å². The standard InChI is InChI=1S/C16H23FN2O/c1-4-5-7-19-11-12(6-8-18(2)3)16-14(19)9-13(17)10-15(16)20/h9-11,20H,4-8H2,1-3H3. The molecule has 1 N–H and O–H groups in total. The summed E-state index contributed by atoms with van der Waals surface area (Å²) in [6.45, 7) is 3.90. The molecule has 1 aromatic carbocycles. The Hall–Kier alpha value is -1.55. The summed E-state index contributed by atoms with van der Waals surface area (Å²) >= 11 is 0. The minimum atomic E-state index is -0.384.